The summed E-state index contributed by atoms with van der Waals surface area (Å²) >= 11 is 0. The first-order valence-electron chi connectivity index (χ1n) is 4.43. The molecule has 1 aromatic heterocycles. The van der Waals surface area contributed by atoms with Gasteiger partial charge in [0.2, 0.25) is 0 Å². The van der Waals surface area contributed by atoms with Crippen LogP contribution in [0.1, 0.15) is 5.56 Å². The van der Waals surface area contributed by atoms with Gasteiger partial charge in [0.05, 0.1) is 0 Å². The number of carbonyl (C=O) groups is 2. The Labute approximate surface area is 98.0 Å². The molecular weight excluding hydrogens is 232 g/mol. The summed E-state index contributed by atoms with van der Waals surface area (Å²) < 4.78 is 0. The molecule has 1 aromatic rings. The highest BCUT2D eigenvalue weighted by atomic mass is 35.5. The molecule has 1 unspecified atom stereocenters. The molecule has 1 atom stereocenters. The number of rotatable bonds is 2. The van der Waals surface area contributed by atoms with Crippen molar-refractivity contribution in [3.8, 4) is 0 Å². The molecule has 0 radical (unpaired) electrons. The SMILES string of the molecule is Cl.NCC1(c2cccnc2)NC(=O)NC1=O. The highest BCUT2D eigenvalue weighted by Crippen LogP contribution is 2.22. The van der Waals surface area contributed by atoms with Gasteiger partial charge in [0.25, 0.3) is 5.91 Å². The van der Waals surface area contributed by atoms with Gasteiger partial charge < -0.3 is 11.1 Å². The lowest BCUT2D eigenvalue weighted by molar-refractivity contribution is -0.123. The van der Waals surface area contributed by atoms with E-state index in [0.717, 1.165) is 0 Å². The molecule has 86 valence electrons. The Kier molecular flexibility index (Phi) is 3.46. The zero-order chi connectivity index (χ0) is 10.9. The van der Waals surface area contributed by atoms with Crippen LogP contribution in [0.15, 0.2) is 24.5 Å². The monoisotopic (exact) mass is 242 g/mol. The Morgan fingerprint density at radius 1 is 1.44 bits per heavy atom. The quantitative estimate of drug-likeness (QED) is 0.609. The zero-order valence-corrected chi connectivity index (χ0v) is 9.08. The number of nitrogens with zero attached hydrogens (tertiary/aromatic N) is 1. The normalized spacial score (nSPS) is 23.3. The van der Waals surface area contributed by atoms with Crippen LogP contribution in [-0.2, 0) is 10.3 Å². The van der Waals surface area contributed by atoms with Gasteiger partial charge in [-0.1, -0.05) is 6.07 Å². The first kappa shape index (κ1) is 12.4. The van der Waals surface area contributed by atoms with Gasteiger partial charge in [0.15, 0.2) is 5.54 Å². The van der Waals surface area contributed by atoms with Crippen LogP contribution in [0, 0.1) is 0 Å². The van der Waals surface area contributed by atoms with Crippen molar-refractivity contribution in [1.82, 2.24) is 15.6 Å². The van der Waals surface area contributed by atoms with Gasteiger partial charge in [-0.05, 0) is 6.07 Å². The molecule has 1 aliphatic rings. The fraction of sp³-hybridized carbons (Fsp3) is 0.222. The van der Waals surface area contributed by atoms with Crippen molar-refractivity contribution in [3.63, 3.8) is 0 Å². The molecule has 1 fully saturated rings. The van der Waals surface area contributed by atoms with Gasteiger partial charge >= 0.3 is 6.03 Å². The molecule has 2 heterocycles. The molecule has 4 N–H and O–H groups in total. The number of nitrogens with two attached hydrogens (primary N) is 1. The molecule has 7 heteroatoms. The highest BCUT2D eigenvalue weighted by Gasteiger charge is 2.46. The average molecular weight is 243 g/mol. The molecule has 0 saturated carbocycles. The fourth-order valence-electron chi connectivity index (χ4n) is 1.57. The summed E-state index contributed by atoms with van der Waals surface area (Å²) in [5.41, 5.74) is 4.95. The Balaban J connectivity index is 0.00000128. The molecule has 0 aromatic carbocycles. The second kappa shape index (κ2) is 4.46. The summed E-state index contributed by atoms with van der Waals surface area (Å²) in [5.74, 6) is -0.442. The second-order valence-electron chi connectivity index (χ2n) is 3.26. The maximum Gasteiger partial charge on any atom is 0.322 e. The first-order chi connectivity index (χ1) is 7.19. The number of pyridine rings is 1. The van der Waals surface area contributed by atoms with E-state index in [9.17, 15) is 9.59 Å². The summed E-state index contributed by atoms with van der Waals surface area (Å²) in [6.45, 7) is -0.00370. The summed E-state index contributed by atoms with van der Waals surface area (Å²) in [4.78, 5) is 26.6. The molecule has 2 rings (SSSR count). The summed E-state index contributed by atoms with van der Waals surface area (Å²) in [6.07, 6.45) is 3.10. The molecule has 1 saturated heterocycles. The van der Waals surface area contributed by atoms with Gasteiger partial charge in [0.1, 0.15) is 0 Å². The van der Waals surface area contributed by atoms with Gasteiger partial charge in [0, 0.05) is 24.5 Å². The maximum atomic E-state index is 11.6. The molecule has 0 spiro atoms. The van der Waals surface area contributed by atoms with Crippen LogP contribution in [0.2, 0.25) is 0 Å². The number of halogens is 1. The lowest BCUT2D eigenvalue weighted by Gasteiger charge is -2.23. The Hall–Kier alpha value is -1.66. The smallest absolute Gasteiger partial charge is 0.322 e. The molecule has 0 bridgehead atoms. The molecule has 0 aliphatic carbocycles. The topological polar surface area (TPSA) is 97.1 Å². The third-order valence-electron chi connectivity index (χ3n) is 2.40. The van der Waals surface area contributed by atoms with E-state index in [2.05, 4.69) is 15.6 Å². The summed E-state index contributed by atoms with van der Waals surface area (Å²) in [5, 5.41) is 4.68. The van der Waals surface area contributed by atoms with Crippen molar-refractivity contribution < 1.29 is 9.59 Å². The van der Waals surface area contributed by atoms with Gasteiger partial charge in [-0.25, -0.2) is 4.79 Å². The van der Waals surface area contributed by atoms with Crippen LogP contribution in [0.25, 0.3) is 0 Å². The minimum Gasteiger partial charge on any atom is -0.327 e. The minimum atomic E-state index is -1.18. The van der Waals surface area contributed by atoms with Gasteiger partial charge in [-0.2, -0.15) is 0 Å². The third kappa shape index (κ3) is 1.72. The van der Waals surface area contributed by atoms with E-state index in [0.29, 0.717) is 5.56 Å². The predicted octanol–water partition coefficient (Wildman–Crippen LogP) is -0.503. The largest absolute Gasteiger partial charge is 0.327 e. The van der Waals surface area contributed by atoms with E-state index in [1.807, 2.05) is 0 Å². The van der Waals surface area contributed by atoms with Crippen molar-refractivity contribution in [2.24, 2.45) is 5.73 Å². The fourth-order valence-corrected chi connectivity index (χ4v) is 1.57. The van der Waals surface area contributed by atoms with Crippen molar-refractivity contribution in [1.29, 1.82) is 0 Å². The van der Waals surface area contributed by atoms with Crippen molar-refractivity contribution in [2.45, 2.75) is 5.54 Å². The van der Waals surface area contributed by atoms with E-state index in [1.165, 1.54) is 6.20 Å². The number of aromatic nitrogens is 1. The third-order valence-corrected chi connectivity index (χ3v) is 2.40. The number of imide groups is 1. The highest BCUT2D eigenvalue weighted by molar-refractivity contribution is 6.07. The standard InChI is InChI=1S/C9H10N4O2.ClH/c10-5-9(6-2-1-3-11-4-6)7(14)12-8(15)13-9;/h1-4H,5,10H2,(H2,12,13,14,15);1H. The van der Waals surface area contributed by atoms with E-state index in [-0.39, 0.29) is 19.0 Å². The maximum absolute atomic E-state index is 11.6. The van der Waals surface area contributed by atoms with E-state index >= 15 is 0 Å². The lowest BCUT2D eigenvalue weighted by Crippen LogP contribution is -2.49. The minimum absolute atomic E-state index is 0. The second-order valence-corrected chi connectivity index (χ2v) is 3.26. The Bertz CT molecular complexity index is 411. The van der Waals surface area contributed by atoms with Crippen molar-refractivity contribution >= 4 is 24.3 Å². The molecule has 6 nitrogen and oxygen atoms in total. The van der Waals surface area contributed by atoms with Crippen LogP contribution in [0.5, 0.6) is 0 Å². The molecule has 1 aliphatic heterocycles. The van der Waals surface area contributed by atoms with Crippen molar-refractivity contribution in [2.75, 3.05) is 6.54 Å². The number of hydrogen-bond acceptors (Lipinski definition) is 4. The van der Waals surface area contributed by atoms with E-state index in [1.54, 1.807) is 18.3 Å². The molecular formula is C9H11ClN4O2. The predicted molar refractivity (Wildman–Crippen MR) is 58.9 cm³/mol. The van der Waals surface area contributed by atoms with Gasteiger partial charge in [-0.3, -0.25) is 15.1 Å². The summed E-state index contributed by atoms with van der Waals surface area (Å²) in [7, 11) is 0. The Morgan fingerprint density at radius 3 is 2.62 bits per heavy atom. The van der Waals surface area contributed by atoms with Crippen LogP contribution >= 0.6 is 12.4 Å². The van der Waals surface area contributed by atoms with Gasteiger partial charge in [-0.15, -0.1) is 12.4 Å². The lowest BCUT2D eigenvalue weighted by atomic mass is 9.91. The average Bonchev–Trinajstić information content (AvgIpc) is 2.56. The van der Waals surface area contributed by atoms with Crippen molar-refractivity contribution in [3.05, 3.63) is 30.1 Å². The van der Waals surface area contributed by atoms with E-state index < -0.39 is 17.5 Å². The number of hydrogen-bond donors (Lipinski definition) is 3. The molecule has 16 heavy (non-hydrogen) atoms. The van der Waals surface area contributed by atoms with Crippen LogP contribution in [0.3, 0.4) is 0 Å². The Morgan fingerprint density at radius 2 is 2.19 bits per heavy atom. The van der Waals surface area contributed by atoms with Crippen LogP contribution in [-0.4, -0.2) is 23.5 Å². The number of nitrogens with one attached hydrogen (secondary N) is 2. The number of urea groups is 1. The number of carbonyl (C=O) groups excluding carboxylic acids is 2. The van der Waals surface area contributed by atoms with E-state index in [4.69, 9.17) is 5.73 Å². The number of amides is 3. The first-order valence-corrected chi connectivity index (χ1v) is 4.43. The summed E-state index contributed by atoms with van der Waals surface area (Å²) in [6, 6.07) is 2.85. The van der Waals surface area contributed by atoms with Crippen LogP contribution in [0.4, 0.5) is 4.79 Å². The zero-order valence-electron chi connectivity index (χ0n) is 8.27. The van der Waals surface area contributed by atoms with Crippen LogP contribution < -0.4 is 16.4 Å². The molecule has 3 amide bonds.